The predicted molar refractivity (Wildman–Crippen MR) is 73.1 cm³/mol. The summed E-state index contributed by atoms with van der Waals surface area (Å²) >= 11 is 0. The van der Waals surface area contributed by atoms with Crippen LogP contribution in [0.5, 0.6) is 0 Å². The van der Waals surface area contributed by atoms with Crippen LogP contribution in [0.15, 0.2) is 35.1 Å². The van der Waals surface area contributed by atoms with Gasteiger partial charge in [-0.3, -0.25) is 0 Å². The maximum atomic E-state index is 13.7. The molecular weight excluding hydrogens is 318 g/mol. The van der Waals surface area contributed by atoms with Crippen LogP contribution in [0.1, 0.15) is 18.2 Å². The highest BCUT2D eigenvalue weighted by Crippen LogP contribution is 2.23. The SMILES string of the molecule is CC(O)(CNS(=O)(=O)Cc1ccon1)c1ccc(F)cc1F. The van der Waals surface area contributed by atoms with Gasteiger partial charge in [-0.05, 0) is 13.0 Å². The lowest BCUT2D eigenvalue weighted by atomic mass is 9.96. The number of sulfonamides is 1. The third kappa shape index (κ3) is 4.09. The van der Waals surface area contributed by atoms with Crippen molar-refractivity contribution in [2.45, 2.75) is 18.3 Å². The summed E-state index contributed by atoms with van der Waals surface area (Å²) in [7, 11) is -3.80. The number of aromatic nitrogens is 1. The smallest absolute Gasteiger partial charge is 0.217 e. The number of nitrogens with zero attached hydrogens (tertiary/aromatic N) is 1. The van der Waals surface area contributed by atoms with Crippen molar-refractivity contribution in [3.8, 4) is 0 Å². The first-order valence-corrected chi connectivity index (χ1v) is 7.89. The number of aliphatic hydroxyl groups is 1. The maximum absolute atomic E-state index is 13.7. The summed E-state index contributed by atoms with van der Waals surface area (Å²) in [5.41, 5.74) is -1.85. The zero-order valence-corrected chi connectivity index (χ0v) is 12.4. The summed E-state index contributed by atoms with van der Waals surface area (Å²) < 4.78 is 56.9. The van der Waals surface area contributed by atoms with E-state index in [-0.39, 0.29) is 11.3 Å². The number of rotatable bonds is 6. The van der Waals surface area contributed by atoms with Crippen molar-refractivity contribution >= 4 is 10.0 Å². The van der Waals surface area contributed by atoms with Gasteiger partial charge in [0.1, 0.15) is 29.3 Å². The van der Waals surface area contributed by atoms with E-state index in [1.165, 1.54) is 19.3 Å². The fourth-order valence-corrected chi connectivity index (χ4v) is 2.97. The van der Waals surface area contributed by atoms with Crippen LogP contribution in [0.4, 0.5) is 8.78 Å². The monoisotopic (exact) mass is 332 g/mol. The standard InChI is InChI=1S/C13H14F2N2O4S/c1-13(18,11-3-2-9(14)6-12(11)15)8-16-22(19,20)7-10-4-5-21-17-10/h2-6,16,18H,7-8H2,1H3. The molecule has 0 aliphatic rings. The van der Waals surface area contributed by atoms with Gasteiger partial charge < -0.3 is 9.63 Å². The number of nitrogens with one attached hydrogen (secondary N) is 1. The minimum Gasteiger partial charge on any atom is -0.384 e. The van der Waals surface area contributed by atoms with E-state index in [1.54, 1.807) is 0 Å². The Morgan fingerprint density at radius 1 is 1.36 bits per heavy atom. The van der Waals surface area contributed by atoms with Gasteiger partial charge in [0, 0.05) is 24.2 Å². The van der Waals surface area contributed by atoms with Gasteiger partial charge in [-0.1, -0.05) is 11.2 Å². The summed E-state index contributed by atoms with van der Waals surface area (Å²) in [6.07, 6.45) is 1.23. The number of halogens is 2. The molecule has 0 amide bonds. The first-order chi connectivity index (χ1) is 10.2. The molecule has 1 aromatic heterocycles. The molecule has 0 bridgehead atoms. The van der Waals surface area contributed by atoms with Gasteiger partial charge in [-0.2, -0.15) is 0 Å². The minimum absolute atomic E-state index is 0.195. The Labute approximate surface area is 125 Å². The molecule has 2 rings (SSSR count). The molecular formula is C13H14F2N2O4S. The van der Waals surface area contributed by atoms with Crippen molar-refractivity contribution in [1.82, 2.24) is 9.88 Å². The highest BCUT2D eigenvalue weighted by Gasteiger charge is 2.29. The quantitative estimate of drug-likeness (QED) is 0.831. The summed E-state index contributed by atoms with van der Waals surface area (Å²) in [4.78, 5) is 0. The highest BCUT2D eigenvalue weighted by molar-refractivity contribution is 7.88. The molecule has 2 N–H and O–H groups in total. The molecule has 0 radical (unpaired) electrons. The third-order valence-corrected chi connectivity index (χ3v) is 4.24. The molecule has 22 heavy (non-hydrogen) atoms. The second-order valence-electron chi connectivity index (χ2n) is 4.97. The van der Waals surface area contributed by atoms with Crippen LogP contribution in [0, 0.1) is 11.6 Å². The van der Waals surface area contributed by atoms with E-state index in [0.717, 1.165) is 12.1 Å². The molecule has 0 fully saturated rings. The first-order valence-electron chi connectivity index (χ1n) is 6.24. The average molecular weight is 332 g/mol. The zero-order valence-electron chi connectivity index (χ0n) is 11.6. The van der Waals surface area contributed by atoms with Crippen LogP contribution in [0.25, 0.3) is 0 Å². The van der Waals surface area contributed by atoms with Crippen molar-refractivity contribution in [3.05, 3.63) is 53.4 Å². The van der Waals surface area contributed by atoms with E-state index in [2.05, 4.69) is 14.4 Å². The summed E-state index contributed by atoms with van der Waals surface area (Å²) in [5, 5.41) is 13.7. The maximum Gasteiger partial charge on any atom is 0.217 e. The average Bonchev–Trinajstić information content (AvgIpc) is 2.88. The van der Waals surface area contributed by atoms with E-state index >= 15 is 0 Å². The molecule has 1 heterocycles. The molecule has 0 spiro atoms. The number of hydrogen-bond donors (Lipinski definition) is 2. The Morgan fingerprint density at radius 3 is 2.68 bits per heavy atom. The van der Waals surface area contributed by atoms with Crippen molar-refractivity contribution in [2.75, 3.05) is 6.54 Å². The summed E-state index contributed by atoms with van der Waals surface area (Å²) in [6, 6.07) is 4.05. The van der Waals surface area contributed by atoms with Crippen molar-refractivity contribution in [2.24, 2.45) is 0 Å². The normalized spacial score (nSPS) is 14.7. The topological polar surface area (TPSA) is 92.4 Å². The van der Waals surface area contributed by atoms with Crippen LogP contribution in [0.3, 0.4) is 0 Å². The fourth-order valence-electron chi connectivity index (χ4n) is 1.83. The lowest BCUT2D eigenvalue weighted by molar-refractivity contribution is 0.0588. The molecule has 9 heteroatoms. The van der Waals surface area contributed by atoms with E-state index in [4.69, 9.17) is 0 Å². The van der Waals surface area contributed by atoms with Crippen molar-refractivity contribution in [1.29, 1.82) is 0 Å². The number of hydrogen-bond acceptors (Lipinski definition) is 5. The molecule has 2 aromatic rings. The Hall–Kier alpha value is -1.84. The van der Waals surface area contributed by atoms with Crippen LogP contribution in [-0.4, -0.2) is 25.2 Å². The molecule has 0 saturated heterocycles. The van der Waals surface area contributed by atoms with E-state index < -0.39 is 39.6 Å². The third-order valence-electron chi connectivity index (χ3n) is 2.98. The Kier molecular flexibility index (Phi) is 4.59. The Morgan fingerprint density at radius 2 is 2.09 bits per heavy atom. The summed E-state index contributed by atoms with van der Waals surface area (Å²) in [6.45, 7) is 0.748. The van der Waals surface area contributed by atoms with Gasteiger partial charge in [0.25, 0.3) is 0 Å². The molecule has 6 nitrogen and oxygen atoms in total. The Bertz CT molecular complexity index is 745. The molecule has 1 unspecified atom stereocenters. The van der Waals surface area contributed by atoms with Crippen LogP contribution >= 0.6 is 0 Å². The van der Waals surface area contributed by atoms with E-state index in [0.29, 0.717) is 6.07 Å². The molecule has 120 valence electrons. The van der Waals surface area contributed by atoms with Crippen molar-refractivity contribution in [3.63, 3.8) is 0 Å². The second kappa shape index (κ2) is 6.11. The fraction of sp³-hybridized carbons (Fsp3) is 0.308. The number of benzene rings is 1. The van der Waals surface area contributed by atoms with Crippen molar-refractivity contribution < 1.29 is 26.8 Å². The predicted octanol–water partition coefficient (Wildman–Crippen LogP) is 1.28. The van der Waals surface area contributed by atoms with E-state index in [9.17, 15) is 22.3 Å². The Balaban J connectivity index is 2.08. The lowest BCUT2D eigenvalue weighted by Crippen LogP contribution is -2.39. The molecule has 0 saturated carbocycles. The van der Waals surface area contributed by atoms with Gasteiger partial charge in [0.15, 0.2) is 0 Å². The zero-order chi connectivity index (χ0) is 16.4. The largest absolute Gasteiger partial charge is 0.384 e. The van der Waals surface area contributed by atoms with Gasteiger partial charge in [0.2, 0.25) is 10.0 Å². The highest BCUT2D eigenvalue weighted by atomic mass is 32.2. The van der Waals surface area contributed by atoms with Crippen LogP contribution in [0.2, 0.25) is 0 Å². The van der Waals surface area contributed by atoms with Gasteiger partial charge >= 0.3 is 0 Å². The first kappa shape index (κ1) is 16.5. The van der Waals surface area contributed by atoms with Crippen LogP contribution in [-0.2, 0) is 21.4 Å². The molecule has 0 aliphatic carbocycles. The van der Waals surface area contributed by atoms with Gasteiger partial charge in [0.05, 0.1) is 5.69 Å². The van der Waals surface area contributed by atoms with Gasteiger partial charge in [-0.25, -0.2) is 21.9 Å². The molecule has 1 aromatic carbocycles. The molecule has 0 aliphatic heterocycles. The van der Waals surface area contributed by atoms with Crippen LogP contribution < -0.4 is 4.72 Å². The minimum atomic E-state index is -3.80. The van der Waals surface area contributed by atoms with E-state index in [1.807, 2.05) is 0 Å². The lowest BCUT2D eigenvalue weighted by Gasteiger charge is -2.24. The van der Waals surface area contributed by atoms with Gasteiger partial charge in [-0.15, -0.1) is 0 Å². The molecule has 1 atom stereocenters. The summed E-state index contributed by atoms with van der Waals surface area (Å²) in [5.74, 6) is -2.18. The second-order valence-corrected chi connectivity index (χ2v) is 6.78.